The summed E-state index contributed by atoms with van der Waals surface area (Å²) in [6.45, 7) is 19.6. The molecule has 0 saturated carbocycles. The fourth-order valence-corrected chi connectivity index (χ4v) is 9.49. The van der Waals surface area contributed by atoms with Crippen LogP contribution in [-0.4, -0.2) is 30.2 Å². The number of esters is 3. The topological polar surface area (TPSA) is 124 Å². The van der Waals surface area contributed by atoms with E-state index in [4.69, 9.17) is 28.4 Å². The molecule has 2 aliphatic rings. The maximum absolute atomic E-state index is 13.4. The molecule has 0 aliphatic heterocycles. The number of hydrogen-bond acceptors (Lipinski definition) is 10. The number of allylic oxidation sites excluding steroid dienone is 3. The van der Waals surface area contributed by atoms with E-state index in [1.165, 1.54) is 35.8 Å². The number of rotatable bonds is 14. The molecule has 0 amide bonds. The predicted octanol–water partition coefficient (Wildman–Crippen LogP) is 12.8. The highest BCUT2D eigenvalue weighted by molar-refractivity contribution is 5.97. The van der Waals surface area contributed by atoms with E-state index >= 15 is 0 Å². The molecule has 0 N–H and O–H groups in total. The molecule has 0 radical (unpaired) electrons. The highest BCUT2D eigenvalue weighted by Crippen LogP contribution is 2.63. The van der Waals surface area contributed by atoms with E-state index < -0.39 is 35.7 Å². The van der Waals surface area contributed by atoms with E-state index in [1.54, 1.807) is 68.5 Å². The third-order valence-electron chi connectivity index (χ3n) is 13.0. The third-order valence-corrected chi connectivity index (χ3v) is 13.0. The first-order valence-electron chi connectivity index (χ1n) is 23.0. The minimum absolute atomic E-state index is 0.104. The molecule has 1 spiro atoms. The van der Waals surface area contributed by atoms with Gasteiger partial charge in [-0.15, -0.1) is 0 Å². The van der Waals surface area contributed by atoms with Gasteiger partial charge < -0.3 is 28.4 Å². The van der Waals surface area contributed by atoms with E-state index in [-0.39, 0.29) is 44.9 Å². The maximum Gasteiger partial charge on any atom is 0.519 e. The fourth-order valence-electron chi connectivity index (χ4n) is 9.49. The predicted molar refractivity (Wildman–Crippen MR) is 261 cm³/mol. The van der Waals surface area contributed by atoms with Gasteiger partial charge in [0, 0.05) is 17.1 Å². The van der Waals surface area contributed by atoms with Crippen molar-refractivity contribution < 1.29 is 47.6 Å². The van der Waals surface area contributed by atoms with Gasteiger partial charge in [0.15, 0.2) is 0 Å². The van der Waals surface area contributed by atoms with Crippen molar-refractivity contribution in [2.24, 2.45) is 5.92 Å². The zero-order chi connectivity index (χ0) is 49.0. The summed E-state index contributed by atoms with van der Waals surface area (Å²) in [5, 5.41) is 0. The molecule has 5 aromatic rings. The Morgan fingerprint density at radius 3 is 1.74 bits per heavy atom. The molecule has 2 aliphatic carbocycles. The molecule has 0 aromatic heterocycles. The molecule has 10 nitrogen and oxygen atoms in total. The van der Waals surface area contributed by atoms with Crippen molar-refractivity contribution in [2.45, 2.75) is 110 Å². The molecule has 352 valence electrons. The quantitative estimate of drug-likeness (QED) is 0.0350. The van der Waals surface area contributed by atoms with Gasteiger partial charge in [0.2, 0.25) is 0 Å². The highest BCUT2D eigenvalue weighted by Gasteiger charge is 2.56. The maximum atomic E-state index is 13.4. The van der Waals surface area contributed by atoms with Crippen LogP contribution in [0.25, 0.3) is 0 Å². The van der Waals surface area contributed by atoms with Crippen LogP contribution in [0, 0.1) is 5.92 Å². The van der Waals surface area contributed by atoms with Crippen molar-refractivity contribution in [1.29, 1.82) is 0 Å². The van der Waals surface area contributed by atoms with Crippen LogP contribution >= 0.6 is 0 Å². The van der Waals surface area contributed by atoms with Crippen molar-refractivity contribution in [3.8, 4) is 28.7 Å². The Labute approximate surface area is 399 Å². The Morgan fingerprint density at radius 1 is 0.603 bits per heavy atom. The van der Waals surface area contributed by atoms with Gasteiger partial charge in [-0.2, -0.15) is 0 Å². The van der Waals surface area contributed by atoms with Gasteiger partial charge in [-0.05, 0) is 154 Å². The molecule has 7 rings (SSSR count). The Hall–Kier alpha value is -7.20. The summed E-state index contributed by atoms with van der Waals surface area (Å²) in [5.74, 6) is -0.425. The normalized spacial score (nSPS) is 18.0. The Bertz CT molecular complexity index is 2800. The van der Waals surface area contributed by atoms with E-state index in [0.717, 1.165) is 24.0 Å². The van der Waals surface area contributed by atoms with Crippen LogP contribution in [0.5, 0.6) is 28.7 Å². The number of carbonyl (C=O) groups is 4. The number of carbonyl (C=O) groups excluding carboxylic acids is 4. The van der Waals surface area contributed by atoms with Gasteiger partial charge in [-0.3, -0.25) is 4.79 Å². The summed E-state index contributed by atoms with van der Waals surface area (Å²) >= 11 is 0. The number of ether oxygens (including phenoxy) is 6. The smallest absolute Gasteiger partial charge is 0.490 e. The van der Waals surface area contributed by atoms with E-state index in [9.17, 15) is 19.2 Å². The lowest BCUT2D eigenvalue weighted by Gasteiger charge is -2.30. The summed E-state index contributed by atoms with van der Waals surface area (Å²) in [6.07, 6.45) is 6.77. The molecular formula is C58H60O10. The standard InChI is InChI=1S/C58H60O10/c1-11-12-20-40(53(61)68-57(9,10)41-21-15-13-16-22-41)31-37(2)51(59)65-43-25-19-26-44(32-43)66-54(62)67-46-28-30-48-50(34-46)56(7,8)36-58(48)35-55(5,6)49-33-45(27-29-47(49)58)63-39(4)38(3)52(60)64-42-23-17-14-18-24-42/h11-34,38-39H,35-36H2,1-10H3. The molecule has 10 heteroatoms. The van der Waals surface area contributed by atoms with Crippen molar-refractivity contribution in [3.05, 3.63) is 185 Å². The lowest BCUT2D eigenvalue weighted by Crippen LogP contribution is -2.31. The number of fused-ring (bicyclic) bond motifs is 4. The van der Waals surface area contributed by atoms with Crippen LogP contribution in [0.4, 0.5) is 4.79 Å². The zero-order valence-electron chi connectivity index (χ0n) is 40.5. The molecule has 3 unspecified atom stereocenters. The Balaban J connectivity index is 1.01. The SMILES string of the molecule is CC=CC=C(C=C(C)C(=O)Oc1cccc(OC(=O)Oc2ccc3c(c2)C(C)(C)CC32CC(C)(C)c3cc(OC(C)C(C)C(=O)Oc4ccccc4)ccc32)c1)C(=O)OC(C)(C)c1ccccc1. The van der Waals surface area contributed by atoms with Gasteiger partial charge in [0.25, 0.3) is 0 Å². The molecule has 5 aromatic carbocycles. The van der Waals surface area contributed by atoms with Crippen LogP contribution in [0.2, 0.25) is 0 Å². The van der Waals surface area contributed by atoms with Gasteiger partial charge in [0.1, 0.15) is 40.5 Å². The van der Waals surface area contributed by atoms with Crippen LogP contribution in [0.1, 0.15) is 110 Å². The molecule has 3 atom stereocenters. The van der Waals surface area contributed by atoms with Crippen LogP contribution in [0.15, 0.2) is 157 Å². The Morgan fingerprint density at radius 2 is 1.13 bits per heavy atom. The monoisotopic (exact) mass is 916 g/mol. The lowest BCUT2D eigenvalue weighted by molar-refractivity contribution is -0.152. The molecule has 0 fully saturated rings. The fraction of sp³-hybridized carbons (Fsp3) is 0.310. The van der Waals surface area contributed by atoms with Gasteiger partial charge in [-0.1, -0.05) is 107 Å². The molecule has 0 saturated heterocycles. The van der Waals surface area contributed by atoms with Crippen LogP contribution < -0.4 is 23.7 Å². The van der Waals surface area contributed by atoms with Crippen molar-refractivity contribution in [2.75, 3.05) is 0 Å². The summed E-state index contributed by atoms with van der Waals surface area (Å²) in [6, 6.07) is 36.6. The summed E-state index contributed by atoms with van der Waals surface area (Å²) < 4.78 is 34.8. The molecule has 68 heavy (non-hydrogen) atoms. The molecule has 0 heterocycles. The third kappa shape index (κ3) is 10.7. The summed E-state index contributed by atoms with van der Waals surface area (Å²) in [7, 11) is 0. The number of benzene rings is 5. The molecule has 0 bridgehead atoms. The van der Waals surface area contributed by atoms with Crippen molar-refractivity contribution in [1.82, 2.24) is 0 Å². The average Bonchev–Trinajstić information content (AvgIpc) is 3.66. The number of para-hydroxylation sites is 1. The first-order chi connectivity index (χ1) is 32.2. The second kappa shape index (κ2) is 19.6. The van der Waals surface area contributed by atoms with Gasteiger partial charge in [0.05, 0.1) is 11.5 Å². The Kier molecular flexibility index (Phi) is 14.0. The average molecular weight is 917 g/mol. The van der Waals surface area contributed by atoms with Crippen LogP contribution in [0.3, 0.4) is 0 Å². The lowest BCUT2D eigenvalue weighted by atomic mass is 9.72. The van der Waals surface area contributed by atoms with E-state index in [1.807, 2.05) is 81.4 Å². The van der Waals surface area contributed by atoms with Gasteiger partial charge >= 0.3 is 24.1 Å². The second-order valence-corrected chi connectivity index (χ2v) is 19.5. The number of hydrogen-bond donors (Lipinski definition) is 0. The first kappa shape index (κ1) is 48.7. The second-order valence-electron chi connectivity index (χ2n) is 19.5. The van der Waals surface area contributed by atoms with Gasteiger partial charge in [-0.25, -0.2) is 14.4 Å². The van der Waals surface area contributed by atoms with Crippen molar-refractivity contribution in [3.63, 3.8) is 0 Å². The zero-order valence-corrected chi connectivity index (χ0v) is 40.5. The first-order valence-corrected chi connectivity index (χ1v) is 23.0. The van der Waals surface area contributed by atoms with E-state index in [2.05, 4.69) is 45.9 Å². The summed E-state index contributed by atoms with van der Waals surface area (Å²) in [5.41, 5.74) is 4.16. The molecular weight excluding hydrogens is 857 g/mol. The van der Waals surface area contributed by atoms with Crippen LogP contribution in [-0.2, 0) is 41.0 Å². The summed E-state index contributed by atoms with van der Waals surface area (Å²) in [4.78, 5) is 52.8. The van der Waals surface area contributed by atoms with E-state index in [0.29, 0.717) is 17.2 Å². The highest BCUT2D eigenvalue weighted by atomic mass is 16.7. The van der Waals surface area contributed by atoms with Crippen molar-refractivity contribution >= 4 is 24.1 Å². The minimum Gasteiger partial charge on any atom is -0.490 e. The minimum atomic E-state index is -0.956. The largest absolute Gasteiger partial charge is 0.519 e.